The molecule has 2 N–H and O–H groups in total. The van der Waals surface area contributed by atoms with Gasteiger partial charge >= 0.3 is 0 Å². The quantitative estimate of drug-likeness (QED) is 0.433. The van der Waals surface area contributed by atoms with Crippen molar-refractivity contribution in [3.63, 3.8) is 0 Å². The van der Waals surface area contributed by atoms with Crippen LogP contribution in [0.3, 0.4) is 0 Å². The first-order chi connectivity index (χ1) is 15.5. The van der Waals surface area contributed by atoms with E-state index in [2.05, 4.69) is 22.2 Å². The molecule has 0 spiro atoms. The first kappa shape index (κ1) is 21.7. The number of pyridine rings is 1. The van der Waals surface area contributed by atoms with Crippen molar-refractivity contribution < 1.29 is 14.3 Å². The highest BCUT2D eigenvalue weighted by molar-refractivity contribution is 6.33. The summed E-state index contributed by atoms with van der Waals surface area (Å²) in [6.07, 6.45) is 2.49. The molecule has 4 aromatic rings. The van der Waals surface area contributed by atoms with Crippen LogP contribution in [0.1, 0.15) is 34.1 Å². The maximum absolute atomic E-state index is 13.2. The van der Waals surface area contributed by atoms with E-state index in [1.54, 1.807) is 43.5 Å². The number of carbonyl (C=O) groups excluding carboxylic acids is 1. The summed E-state index contributed by atoms with van der Waals surface area (Å²) in [5.74, 6) is -0.425. The molecule has 0 fully saturated rings. The molecule has 32 heavy (non-hydrogen) atoms. The first-order valence-corrected chi connectivity index (χ1v) is 10.6. The number of nitrogens with zero attached hydrogens (tertiary/aromatic N) is 2. The van der Waals surface area contributed by atoms with Crippen LogP contribution in [0.15, 0.2) is 70.2 Å². The second kappa shape index (κ2) is 9.34. The number of aliphatic hydroxyl groups excluding tert-OH is 1. The summed E-state index contributed by atoms with van der Waals surface area (Å²) >= 11 is 6.21. The standard InChI is InChI=1S/C25H22ClN3O3/c1-3-16-8-10-18(11-9-16)28-25-20(24(31)29-22-7-5-4-6-21(22)26)12-19-17(14-30)13-27-15(2)23(19)32-25/h4-13,30H,3,14H2,1-2H3,(H,29,31). The summed E-state index contributed by atoms with van der Waals surface area (Å²) in [7, 11) is 0. The second-order valence-corrected chi connectivity index (χ2v) is 7.71. The highest BCUT2D eigenvalue weighted by atomic mass is 35.5. The van der Waals surface area contributed by atoms with Gasteiger partial charge in [0.15, 0.2) is 5.58 Å². The number of para-hydroxylation sites is 1. The van der Waals surface area contributed by atoms with E-state index >= 15 is 0 Å². The molecule has 0 radical (unpaired) electrons. The fourth-order valence-electron chi connectivity index (χ4n) is 3.34. The van der Waals surface area contributed by atoms with Crippen molar-refractivity contribution in [1.82, 2.24) is 4.98 Å². The molecule has 0 aliphatic heterocycles. The molecular weight excluding hydrogens is 426 g/mol. The lowest BCUT2D eigenvalue weighted by Gasteiger charge is -2.10. The van der Waals surface area contributed by atoms with E-state index in [0.717, 1.165) is 6.42 Å². The summed E-state index contributed by atoms with van der Waals surface area (Å²) in [5.41, 5.74) is 4.34. The second-order valence-electron chi connectivity index (χ2n) is 7.30. The highest BCUT2D eigenvalue weighted by Crippen LogP contribution is 2.24. The van der Waals surface area contributed by atoms with Crippen molar-refractivity contribution in [2.75, 3.05) is 5.32 Å². The van der Waals surface area contributed by atoms with Crippen LogP contribution in [0.4, 0.5) is 11.4 Å². The minimum atomic E-state index is -0.425. The molecule has 0 unspecified atom stereocenters. The van der Waals surface area contributed by atoms with Crippen molar-refractivity contribution in [3.8, 4) is 0 Å². The fourth-order valence-corrected chi connectivity index (χ4v) is 3.52. The molecule has 0 aliphatic carbocycles. The Morgan fingerprint density at radius 2 is 1.94 bits per heavy atom. The average molecular weight is 448 g/mol. The zero-order valence-corrected chi connectivity index (χ0v) is 18.5. The summed E-state index contributed by atoms with van der Waals surface area (Å²) in [6.45, 7) is 3.65. The number of halogens is 1. The molecule has 0 bridgehead atoms. The van der Waals surface area contributed by atoms with Crippen molar-refractivity contribution in [1.29, 1.82) is 0 Å². The Morgan fingerprint density at radius 3 is 2.62 bits per heavy atom. The molecule has 0 aliphatic rings. The SMILES string of the molecule is CCc1ccc(N=c2oc3c(C)ncc(CO)c3cc2C(=O)Nc2ccccc2Cl)cc1. The van der Waals surface area contributed by atoms with Gasteiger partial charge in [-0.25, -0.2) is 4.99 Å². The minimum absolute atomic E-state index is 0.145. The zero-order valence-electron chi connectivity index (χ0n) is 17.7. The third-order valence-corrected chi connectivity index (χ3v) is 5.49. The van der Waals surface area contributed by atoms with Crippen LogP contribution in [0, 0.1) is 6.92 Å². The van der Waals surface area contributed by atoms with E-state index in [0.29, 0.717) is 38.6 Å². The van der Waals surface area contributed by atoms with Gasteiger partial charge in [-0.05, 0) is 49.2 Å². The van der Waals surface area contributed by atoms with Crippen LogP contribution in [-0.2, 0) is 13.0 Å². The number of rotatable bonds is 5. The summed E-state index contributed by atoms with van der Waals surface area (Å²) < 4.78 is 6.08. The molecule has 162 valence electrons. The Balaban J connectivity index is 1.91. The number of aromatic nitrogens is 1. The van der Waals surface area contributed by atoms with Gasteiger partial charge in [0.1, 0.15) is 5.56 Å². The lowest BCUT2D eigenvalue weighted by molar-refractivity contribution is 0.102. The van der Waals surface area contributed by atoms with Crippen molar-refractivity contribution >= 4 is 39.9 Å². The number of benzene rings is 2. The molecular formula is C25H22ClN3O3. The molecule has 2 aromatic heterocycles. The molecule has 1 amide bonds. The molecule has 6 nitrogen and oxygen atoms in total. The van der Waals surface area contributed by atoms with Gasteiger partial charge in [0.05, 0.1) is 28.7 Å². The van der Waals surface area contributed by atoms with Gasteiger partial charge in [0.25, 0.3) is 5.91 Å². The van der Waals surface area contributed by atoms with Crippen LogP contribution in [-0.4, -0.2) is 16.0 Å². The van der Waals surface area contributed by atoms with Gasteiger partial charge in [-0.3, -0.25) is 9.78 Å². The summed E-state index contributed by atoms with van der Waals surface area (Å²) in [4.78, 5) is 22.1. The Labute approximate surface area is 190 Å². The Hall–Kier alpha value is -3.48. The van der Waals surface area contributed by atoms with Gasteiger partial charge in [0, 0.05) is 17.1 Å². The number of anilines is 1. The molecule has 7 heteroatoms. The van der Waals surface area contributed by atoms with Gasteiger partial charge in [0.2, 0.25) is 5.55 Å². The number of carbonyl (C=O) groups is 1. The van der Waals surface area contributed by atoms with Crippen LogP contribution >= 0.6 is 11.6 Å². The fraction of sp³-hybridized carbons (Fsp3) is 0.160. The lowest BCUT2D eigenvalue weighted by Crippen LogP contribution is -2.22. The van der Waals surface area contributed by atoms with E-state index in [4.69, 9.17) is 16.0 Å². The van der Waals surface area contributed by atoms with Crippen LogP contribution in [0.5, 0.6) is 0 Å². The molecule has 2 heterocycles. The van der Waals surface area contributed by atoms with Gasteiger partial charge in [-0.15, -0.1) is 0 Å². The lowest BCUT2D eigenvalue weighted by atomic mass is 10.1. The number of aryl methyl sites for hydroxylation is 2. The van der Waals surface area contributed by atoms with Gasteiger partial charge < -0.3 is 14.8 Å². The third kappa shape index (κ3) is 4.42. The Kier molecular flexibility index (Phi) is 6.35. The van der Waals surface area contributed by atoms with Gasteiger partial charge in [-0.2, -0.15) is 0 Å². The van der Waals surface area contributed by atoms with E-state index in [1.165, 1.54) is 5.56 Å². The van der Waals surface area contributed by atoms with Crippen LogP contribution < -0.4 is 10.9 Å². The number of nitrogens with one attached hydrogen (secondary N) is 1. The molecule has 2 aromatic carbocycles. The topological polar surface area (TPSA) is 87.7 Å². The predicted octanol–water partition coefficient (Wildman–Crippen LogP) is 5.33. The Bertz CT molecular complexity index is 1360. The maximum Gasteiger partial charge on any atom is 0.261 e. The normalized spacial score (nSPS) is 11.7. The minimum Gasteiger partial charge on any atom is -0.436 e. The first-order valence-electron chi connectivity index (χ1n) is 10.2. The number of fused-ring (bicyclic) bond motifs is 1. The number of hydrogen-bond acceptors (Lipinski definition) is 5. The monoisotopic (exact) mass is 447 g/mol. The third-order valence-electron chi connectivity index (χ3n) is 5.16. The predicted molar refractivity (Wildman–Crippen MR) is 125 cm³/mol. The van der Waals surface area contributed by atoms with Crippen molar-refractivity contribution in [3.05, 3.63) is 93.8 Å². The zero-order chi connectivity index (χ0) is 22.7. The largest absolute Gasteiger partial charge is 0.436 e. The van der Waals surface area contributed by atoms with E-state index in [-0.39, 0.29) is 17.7 Å². The molecule has 0 saturated heterocycles. The number of hydrogen-bond donors (Lipinski definition) is 2. The highest BCUT2D eigenvalue weighted by Gasteiger charge is 2.17. The number of amides is 1. The number of aliphatic hydroxyl groups is 1. The van der Waals surface area contributed by atoms with E-state index in [9.17, 15) is 9.90 Å². The maximum atomic E-state index is 13.2. The molecule has 4 rings (SSSR count). The van der Waals surface area contributed by atoms with Crippen LogP contribution in [0.25, 0.3) is 11.0 Å². The van der Waals surface area contributed by atoms with Crippen molar-refractivity contribution in [2.45, 2.75) is 26.9 Å². The van der Waals surface area contributed by atoms with E-state index < -0.39 is 5.91 Å². The Morgan fingerprint density at radius 1 is 1.19 bits per heavy atom. The van der Waals surface area contributed by atoms with Crippen LogP contribution in [0.2, 0.25) is 5.02 Å². The van der Waals surface area contributed by atoms with Gasteiger partial charge in [-0.1, -0.05) is 42.8 Å². The van der Waals surface area contributed by atoms with E-state index in [1.807, 2.05) is 24.3 Å². The molecule has 0 saturated carbocycles. The summed E-state index contributed by atoms with van der Waals surface area (Å²) in [5, 5.41) is 13.6. The summed E-state index contributed by atoms with van der Waals surface area (Å²) in [6, 6.07) is 16.4. The average Bonchev–Trinajstić information content (AvgIpc) is 2.81. The smallest absolute Gasteiger partial charge is 0.261 e. The molecule has 0 atom stereocenters. The van der Waals surface area contributed by atoms with Crippen molar-refractivity contribution in [2.24, 2.45) is 4.99 Å².